The first kappa shape index (κ1) is 23.5. The molecule has 2 heterocycles. The molecule has 8 heteroatoms. The number of aryl methyl sites for hydroxylation is 1. The average Bonchev–Trinajstić information content (AvgIpc) is 3.39. The van der Waals surface area contributed by atoms with Crippen molar-refractivity contribution in [2.75, 3.05) is 14.1 Å². The molecule has 0 saturated heterocycles. The summed E-state index contributed by atoms with van der Waals surface area (Å²) in [5, 5.41) is 6.22. The van der Waals surface area contributed by atoms with Crippen molar-refractivity contribution in [3.05, 3.63) is 83.6 Å². The topological polar surface area (TPSA) is 74.8 Å². The van der Waals surface area contributed by atoms with Gasteiger partial charge in [0.1, 0.15) is 5.76 Å². The van der Waals surface area contributed by atoms with Gasteiger partial charge in [-0.3, -0.25) is 9.79 Å². The second-order valence-corrected chi connectivity index (χ2v) is 6.83. The van der Waals surface area contributed by atoms with Crippen LogP contribution in [0.5, 0.6) is 0 Å². The van der Waals surface area contributed by atoms with Crippen LogP contribution in [0.2, 0.25) is 0 Å². The molecule has 0 aliphatic rings. The van der Waals surface area contributed by atoms with Gasteiger partial charge in [0.25, 0.3) is 5.91 Å². The molecule has 0 atom stereocenters. The van der Waals surface area contributed by atoms with Gasteiger partial charge >= 0.3 is 0 Å². The fourth-order valence-electron chi connectivity index (χ4n) is 3.05. The molecule has 0 bridgehead atoms. The zero-order chi connectivity index (χ0) is 20.6. The van der Waals surface area contributed by atoms with E-state index < -0.39 is 0 Å². The largest absolute Gasteiger partial charge is 0.467 e. The lowest BCUT2D eigenvalue weighted by molar-refractivity contribution is 0.0948. The summed E-state index contributed by atoms with van der Waals surface area (Å²) in [4.78, 5) is 18.8. The van der Waals surface area contributed by atoms with Crippen LogP contribution in [0.25, 0.3) is 0 Å². The highest BCUT2D eigenvalue weighted by atomic mass is 127. The Labute approximate surface area is 194 Å². The zero-order valence-corrected chi connectivity index (χ0v) is 19.8. The van der Waals surface area contributed by atoms with Crippen molar-refractivity contribution in [1.82, 2.24) is 20.1 Å². The van der Waals surface area contributed by atoms with Crippen LogP contribution in [0.1, 0.15) is 27.4 Å². The van der Waals surface area contributed by atoms with Gasteiger partial charge in [-0.1, -0.05) is 12.1 Å². The Morgan fingerprint density at radius 2 is 1.97 bits per heavy atom. The number of rotatable bonds is 7. The Balaban J connectivity index is 0.00000320. The standard InChI is InChI=1S/C22H27N5O2.HI/c1-23-22(27(3)16-19-9-5-11-26(19)2)25-14-17-7-4-8-18(13-17)21(28)24-15-20-10-6-12-29-20;/h4-13H,14-16H2,1-3H3,(H,23,25)(H,24,28);1H. The summed E-state index contributed by atoms with van der Waals surface area (Å²) < 4.78 is 7.34. The number of hydrogen-bond acceptors (Lipinski definition) is 3. The van der Waals surface area contributed by atoms with E-state index in [0.717, 1.165) is 23.8 Å². The van der Waals surface area contributed by atoms with E-state index in [1.54, 1.807) is 25.4 Å². The minimum atomic E-state index is -0.131. The van der Waals surface area contributed by atoms with Gasteiger partial charge in [-0.25, -0.2) is 0 Å². The third-order valence-electron chi connectivity index (χ3n) is 4.67. The predicted molar refractivity (Wildman–Crippen MR) is 129 cm³/mol. The van der Waals surface area contributed by atoms with Crippen LogP contribution >= 0.6 is 24.0 Å². The van der Waals surface area contributed by atoms with Crippen molar-refractivity contribution < 1.29 is 9.21 Å². The molecule has 3 aromatic rings. The average molecular weight is 521 g/mol. The highest BCUT2D eigenvalue weighted by Crippen LogP contribution is 2.08. The summed E-state index contributed by atoms with van der Waals surface area (Å²) in [7, 11) is 5.80. The molecule has 0 unspecified atom stereocenters. The third-order valence-corrected chi connectivity index (χ3v) is 4.67. The second-order valence-electron chi connectivity index (χ2n) is 6.83. The molecule has 160 valence electrons. The number of hydrogen-bond donors (Lipinski definition) is 2. The normalized spacial score (nSPS) is 11.0. The number of nitrogens with zero attached hydrogens (tertiary/aromatic N) is 3. The number of benzene rings is 1. The summed E-state index contributed by atoms with van der Waals surface area (Å²) in [5.74, 6) is 1.38. The lowest BCUT2D eigenvalue weighted by Gasteiger charge is -2.22. The van der Waals surface area contributed by atoms with Crippen molar-refractivity contribution in [3.8, 4) is 0 Å². The van der Waals surface area contributed by atoms with Crippen LogP contribution in [0.4, 0.5) is 0 Å². The van der Waals surface area contributed by atoms with Gasteiger partial charge in [0.05, 0.1) is 19.4 Å². The van der Waals surface area contributed by atoms with Gasteiger partial charge in [-0.2, -0.15) is 0 Å². The molecule has 0 aliphatic carbocycles. The van der Waals surface area contributed by atoms with Gasteiger partial charge in [-0.15, -0.1) is 24.0 Å². The molecule has 2 N–H and O–H groups in total. The molecule has 0 fully saturated rings. The zero-order valence-electron chi connectivity index (χ0n) is 17.5. The van der Waals surface area contributed by atoms with E-state index in [-0.39, 0.29) is 29.9 Å². The van der Waals surface area contributed by atoms with Crippen LogP contribution < -0.4 is 10.6 Å². The van der Waals surface area contributed by atoms with E-state index in [1.807, 2.05) is 50.6 Å². The Kier molecular flexibility index (Phi) is 8.97. The summed E-state index contributed by atoms with van der Waals surface area (Å²) in [6.45, 7) is 1.69. The number of amides is 1. The highest BCUT2D eigenvalue weighted by Gasteiger charge is 2.10. The van der Waals surface area contributed by atoms with E-state index in [1.165, 1.54) is 5.69 Å². The van der Waals surface area contributed by atoms with Crippen molar-refractivity contribution >= 4 is 35.8 Å². The monoisotopic (exact) mass is 521 g/mol. The number of nitrogens with one attached hydrogen (secondary N) is 2. The molecule has 1 aromatic carbocycles. The fourth-order valence-corrected chi connectivity index (χ4v) is 3.05. The number of aliphatic imine (C=N–C) groups is 1. The number of furan rings is 1. The lowest BCUT2D eigenvalue weighted by Crippen LogP contribution is -2.38. The molecule has 30 heavy (non-hydrogen) atoms. The molecular formula is C22H28IN5O2. The van der Waals surface area contributed by atoms with E-state index in [4.69, 9.17) is 4.42 Å². The minimum Gasteiger partial charge on any atom is -0.467 e. The van der Waals surface area contributed by atoms with Crippen molar-refractivity contribution in [3.63, 3.8) is 0 Å². The predicted octanol–water partition coefficient (Wildman–Crippen LogP) is 3.37. The number of carbonyl (C=O) groups is 1. The maximum absolute atomic E-state index is 12.4. The van der Waals surface area contributed by atoms with Gasteiger partial charge < -0.3 is 24.5 Å². The fraction of sp³-hybridized carbons (Fsp3) is 0.273. The van der Waals surface area contributed by atoms with Gasteiger partial charge in [0.2, 0.25) is 0 Å². The van der Waals surface area contributed by atoms with Crippen molar-refractivity contribution in [1.29, 1.82) is 0 Å². The van der Waals surface area contributed by atoms with E-state index in [2.05, 4.69) is 31.2 Å². The van der Waals surface area contributed by atoms with E-state index in [0.29, 0.717) is 18.7 Å². The summed E-state index contributed by atoms with van der Waals surface area (Å²) >= 11 is 0. The summed E-state index contributed by atoms with van der Waals surface area (Å²) in [6.07, 6.45) is 3.62. The number of carbonyl (C=O) groups excluding carboxylic acids is 1. The summed E-state index contributed by atoms with van der Waals surface area (Å²) in [6, 6.07) is 15.3. The molecule has 0 radical (unpaired) electrons. The maximum Gasteiger partial charge on any atom is 0.251 e. The second kappa shape index (κ2) is 11.4. The van der Waals surface area contributed by atoms with Crippen LogP contribution in [-0.2, 0) is 26.7 Å². The Hall–Kier alpha value is -2.75. The Morgan fingerprint density at radius 1 is 1.13 bits per heavy atom. The van der Waals surface area contributed by atoms with Crippen LogP contribution in [0.15, 0.2) is 70.4 Å². The van der Waals surface area contributed by atoms with E-state index >= 15 is 0 Å². The molecule has 0 spiro atoms. The number of halogens is 1. The molecular weight excluding hydrogens is 493 g/mol. The molecule has 0 aliphatic heterocycles. The Morgan fingerprint density at radius 3 is 2.63 bits per heavy atom. The van der Waals surface area contributed by atoms with Gasteiger partial charge in [0.15, 0.2) is 5.96 Å². The lowest BCUT2D eigenvalue weighted by atomic mass is 10.1. The minimum absolute atomic E-state index is 0. The van der Waals surface area contributed by atoms with Crippen molar-refractivity contribution in [2.24, 2.45) is 12.0 Å². The van der Waals surface area contributed by atoms with E-state index in [9.17, 15) is 4.79 Å². The highest BCUT2D eigenvalue weighted by molar-refractivity contribution is 14.0. The molecule has 2 aromatic heterocycles. The number of guanidine groups is 1. The molecule has 1 amide bonds. The third kappa shape index (κ3) is 6.38. The van der Waals surface area contributed by atoms with Gasteiger partial charge in [-0.05, 0) is 42.0 Å². The number of aromatic nitrogens is 1. The van der Waals surface area contributed by atoms with Crippen LogP contribution in [0, 0.1) is 0 Å². The van der Waals surface area contributed by atoms with Crippen LogP contribution in [0.3, 0.4) is 0 Å². The quantitative estimate of drug-likeness (QED) is 0.284. The first-order valence-corrected chi connectivity index (χ1v) is 9.48. The van der Waals surface area contributed by atoms with Gasteiger partial charge in [0, 0.05) is 45.1 Å². The summed E-state index contributed by atoms with van der Waals surface area (Å²) in [5.41, 5.74) is 2.82. The van der Waals surface area contributed by atoms with Crippen LogP contribution in [-0.4, -0.2) is 35.4 Å². The molecule has 3 rings (SSSR count). The molecule has 0 saturated carbocycles. The molecule has 7 nitrogen and oxygen atoms in total. The van der Waals surface area contributed by atoms with Crippen molar-refractivity contribution in [2.45, 2.75) is 19.6 Å². The Bertz CT molecular complexity index is 966. The maximum atomic E-state index is 12.4. The SMILES string of the molecule is CN=C(NCc1cccc(C(=O)NCc2ccco2)c1)N(C)Cc1cccn1C.I. The smallest absolute Gasteiger partial charge is 0.251 e. The first-order chi connectivity index (χ1) is 14.1. The first-order valence-electron chi connectivity index (χ1n) is 9.48.